The third kappa shape index (κ3) is 4.45. The van der Waals surface area contributed by atoms with E-state index in [1.54, 1.807) is 7.11 Å². The zero-order valence-corrected chi connectivity index (χ0v) is 14.0. The Hall–Kier alpha value is -1.06. The van der Waals surface area contributed by atoms with Crippen molar-refractivity contribution >= 4 is 0 Å². The maximum absolute atomic E-state index is 5.54. The molecule has 0 saturated heterocycles. The highest BCUT2D eigenvalue weighted by Crippen LogP contribution is 2.29. The molecule has 0 bridgehead atoms. The Bertz CT molecular complexity index is 443. The third-order valence-electron chi connectivity index (χ3n) is 4.55. The Morgan fingerprint density at radius 3 is 2.71 bits per heavy atom. The lowest BCUT2D eigenvalue weighted by atomic mass is 9.85. The topological polar surface area (TPSA) is 24.5 Å². The Labute approximate surface area is 129 Å². The first kappa shape index (κ1) is 16.3. The van der Waals surface area contributed by atoms with E-state index in [-0.39, 0.29) is 0 Å². The molecule has 1 atom stereocenters. The van der Waals surface area contributed by atoms with E-state index in [1.807, 2.05) is 0 Å². The monoisotopic (exact) mass is 290 g/mol. The van der Waals surface area contributed by atoms with Gasteiger partial charge in [0.05, 0.1) is 7.11 Å². The van der Waals surface area contributed by atoms with Gasteiger partial charge >= 0.3 is 0 Å². The van der Waals surface area contributed by atoms with Gasteiger partial charge in [0.15, 0.2) is 0 Å². The third-order valence-corrected chi connectivity index (χ3v) is 4.55. The molecule has 1 aliphatic rings. The number of benzene rings is 1. The summed E-state index contributed by atoms with van der Waals surface area (Å²) in [5, 5.41) is 3.48. The van der Waals surface area contributed by atoms with Gasteiger partial charge in [0, 0.05) is 24.7 Å². The lowest BCUT2D eigenvalue weighted by molar-refractivity contribution is 0.199. The van der Waals surface area contributed by atoms with Crippen molar-refractivity contribution in [1.82, 2.24) is 10.2 Å². The van der Waals surface area contributed by atoms with Gasteiger partial charge in [0.2, 0.25) is 0 Å². The average molecular weight is 290 g/mol. The summed E-state index contributed by atoms with van der Waals surface area (Å²) >= 11 is 0. The molecular weight excluding hydrogens is 260 g/mol. The minimum absolute atomic E-state index is 0.386. The van der Waals surface area contributed by atoms with Crippen LogP contribution in [0.5, 0.6) is 5.75 Å². The number of methoxy groups -OCH3 is 1. The molecule has 0 spiro atoms. The fraction of sp³-hybridized carbons (Fsp3) is 0.667. The van der Waals surface area contributed by atoms with Crippen LogP contribution in [0, 0.1) is 5.92 Å². The van der Waals surface area contributed by atoms with Gasteiger partial charge in [-0.3, -0.25) is 0 Å². The van der Waals surface area contributed by atoms with Crippen LogP contribution in [0.2, 0.25) is 0 Å². The maximum atomic E-state index is 5.54. The Balaban J connectivity index is 2.05. The van der Waals surface area contributed by atoms with Crippen molar-refractivity contribution in [2.75, 3.05) is 27.2 Å². The molecule has 21 heavy (non-hydrogen) atoms. The Morgan fingerprint density at radius 1 is 1.38 bits per heavy atom. The summed E-state index contributed by atoms with van der Waals surface area (Å²) < 4.78 is 5.54. The molecule has 0 aromatic heterocycles. The molecule has 1 N–H and O–H groups in total. The molecule has 2 rings (SSSR count). The van der Waals surface area contributed by atoms with E-state index >= 15 is 0 Å². The average Bonchev–Trinajstić information content (AvgIpc) is 2.43. The van der Waals surface area contributed by atoms with Gasteiger partial charge in [0.25, 0.3) is 0 Å². The predicted octanol–water partition coefficient (Wildman–Crippen LogP) is 3.60. The molecule has 0 amide bonds. The zero-order chi connectivity index (χ0) is 15.2. The highest BCUT2D eigenvalue weighted by Gasteiger charge is 2.19. The van der Waals surface area contributed by atoms with Crippen molar-refractivity contribution in [2.24, 2.45) is 5.92 Å². The first-order valence-corrected chi connectivity index (χ1v) is 8.22. The van der Waals surface area contributed by atoms with E-state index in [2.05, 4.69) is 49.3 Å². The minimum Gasteiger partial charge on any atom is -0.496 e. The first-order valence-electron chi connectivity index (χ1n) is 8.22. The van der Waals surface area contributed by atoms with Gasteiger partial charge in [-0.25, -0.2) is 0 Å². The number of rotatable bonds is 8. The fourth-order valence-corrected chi connectivity index (χ4v) is 3.09. The van der Waals surface area contributed by atoms with Crippen molar-refractivity contribution in [1.29, 1.82) is 0 Å². The maximum Gasteiger partial charge on any atom is 0.123 e. The van der Waals surface area contributed by atoms with Gasteiger partial charge in [-0.1, -0.05) is 19.4 Å². The molecule has 1 aromatic carbocycles. The van der Waals surface area contributed by atoms with E-state index in [0.29, 0.717) is 6.04 Å². The van der Waals surface area contributed by atoms with Crippen LogP contribution in [0.1, 0.15) is 50.3 Å². The number of ether oxygens (including phenoxy) is 1. The molecule has 3 nitrogen and oxygen atoms in total. The van der Waals surface area contributed by atoms with Crippen molar-refractivity contribution in [2.45, 2.75) is 45.7 Å². The van der Waals surface area contributed by atoms with Gasteiger partial charge in [-0.15, -0.1) is 0 Å². The summed E-state index contributed by atoms with van der Waals surface area (Å²) in [6.07, 6.45) is 4.22. The summed E-state index contributed by atoms with van der Waals surface area (Å²) in [5.74, 6) is 1.91. The molecular formula is C18H30N2O. The van der Waals surface area contributed by atoms with Gasteiger partial charge in [-0.05, 0) is 57.0 Å². The molecule has 3 heteroatoms. The molecule has 1 fully saturated rings. The summed E-state index contributed by atoms with van der Waals surface area (Å²) in [6.45, 7) is 7.52. The second-order valence-corrected chi connectivity index (χ2v) is 6.34. The largest absolute Gasteiger partial charge is 0.496 e. The van der Waals surface area contributed by atoms with E-state index in [4.69, 9.17) is 4.74 Å². The predicted molar refractivity (Wildman–Crippen MR) is 88.8 cm³/mol. The van der Waals surface area contributed by atoms with Crippen LogP contribution in [-0.4, -0.2) is 32.1 Å². The molecule has 0 aliphatic heterocycles. The van der Waals surface area contributed by atoms with E-state index in [1.165, 1.54) is 36.9 Å². The first-order chi connectivity index (χ1) is 10.1. The standard InChI is InChI=1S/C18H30N2O/c1-5-19-14(2)16-9-10-18(21-4)17(11-16)13-20(3)12-15-7-6-8-15/h9-11,14-15,19H,5-8,12-13H2,1-4H3. The molecule has 1 aromatic rings. The summed E-state index contributed by atoms with van der Waals surface area (Å²) in [7, 11) is 3.98. The normalized spacial score (nSPS) is 16.8. The van der Waals surface area contributed by atoms with E-state index < -0.39 is 0 Å². The number of nitrogens with zero attached hydrogens (tertiary/aromatic N) is 1. The van der Waals surface area contributed by atoms with Crippen molar-refractivity contribution < 1.29 is 4.74 Å². The van der Waals surface area contributed by atoms with Gasteiger partial charge in [0.1, 0.15) is 5.75 Å². The number of hydrogen-bond acceptors (Lipinski definition) is 3. The summed E-state index contributed by atoms with van der Waals surface area (Å²) in [5.41, 5.74) is 2.63. The van der Waals surface area contributed by atoms with Crippen LogP contribution in [0.25, 0.3) is 0 Å². The second kappa shape index (κ2) is 7.81. The molecule has 1 unspecified atom stereocenters. The molecule has 118 valence electrons. The quantitative estimate of drug-likeness (QED) is 0.792. The highest BCUT2D eigenvalue weighted by molar-refractivity contribution is 5.38. The van der Waals surface area contributed by atoms with Crippen LogP contribution in [0.3, 0.4) is 0 Å². The van der Waals surface area contributed by atoms with E-state index in [9.17, 15) is 0 Å². The van der Waals surface area contributed by atoms with Crippen LogP contribution in [0.4, 0.5) is 0 Å². The van der Waals surface area contributed by atoms with E-state index in [0.717, 1.165) is 24.8 Å². The van der Waals surface area contributed by atoms with Crippen LogP contribution in [-0.2, 0) is 6.54 Å². The van der Waals surface area contributed by atoms with Crippen LogP contribution < -0.4 is 10.1 Å². The van der Waals surface area contributed by atoms with Crippen LogP contribution >= 0.6 is 0 Å². The zero-order valence-electron chi connectivity index (χ0n) is 14.0. The van der Waals surface area contributed by atoms with Gasteiger partial charge < -0.3 is 15.0 Å². The SMILES string of the molecule is CCNC(C)c1ccc(OC)c(CN(C)CC2CCC2)c1. The number of nitrogens with one attached hydrogen (secondary N) is 1. The van der Waals surface area contributed by atoms with Crippen LogP contribution in [0.15, 0.2) is 18.2 Å². The van der Waals surface area contributed by atoms with Gasteiger partial charge in [-0.2, -0.15) is 0 Å². The second-order valence-electron chi connectivity index (χ2n) is 6.34. The molecule has 0 radical (unpaired) electrons. The minimum atomic E-state index is 0.386. The molecule has 0 heterocycles. The smallest absolute Gasteiger partial charge is 0.123 e. The fourth-order valence-electron chi connectivity index (χ4n) is 3.09. The highest BCUT2D eigenvalue weighted by atomic mass is 16.5. The lowest BCUT2D eigenvalue weighted by Gasteiger charge is -2.30. The number of hydrogen-bond donors (Lipinski definition) is 1. The summed E-state index contributed by atoms with van der Waals surface area (Å²) in [4.78, 5) is 2.43. The molecule has 1 aliphatic carbocycles. The molecule has 1 saturated carbocycles. The van der Waals surface area contributed by atoms with Crippen molar-refractivity contribution in [3.8, 4) is 5.75 Å². The van der Waals surface area contributed by atoms with Crippen molar-refractivity contribution in [3.63, 3.8) is 0 Å². The Morgan fingerprint density at radius 2 is 2.14 bits per heavy atom. The lowest BCUT2D eigenvalue weighted by Crippen LogP contribution is -2.29. The summed E-state index contributed by atoms with van der Waals surface area (Å²) in [6, 6.07) is 6.96. The Kier molecular flexibility index (Phi) is 6.07. The van der Waals surface area contributed by atoms with Crippen molar-refractivity contribution in [3.05, 3.63) is 29.3 Å².